The van der Waals surface area contributed by atoms with E-state index in [4.69, 9.17) is 5.73 Å². The molecular weight excluding hydrogens is 176 g/mol. The Kier molecular flexibility index (Phi) is 3.33. The zero-order chi connectivity index (χ0) is 10.7. The van der Waals surface area contributed by atoms with Gasteiger partial charge in [-0.25, -0.2) is 15.1 Å². The fourth-order valence-corrected chi connectivity index (χ4v) is 1.43. The van der Waals surface area contributed by atoms with Crippen molar-refractivity contribution in [3.05, 3.63) is 24.3 Å². The lowest BCUT2D eigenvalue weighted by atomic mass is 10.3. The van der Waals surface area contributed by atoms with Crippen LogP contribution in [0, 0.1) is 0 Å². The fraction of sp³-hybridized carbons (Fsp3) is 0.400. The van der Waals surface area contributed by atoms with Gasteiger partial charge in [-0.3, -0.25) is 0 Å². The average molecular weight is 194 g/mol. The van der Waals surface area contributed by atoms with Gasteiger partial charge in [-0.05, 0) is 24.3 Å². The molecule has 1 aromatic carbocycles. The highest BCUT2D eigenvalue weighted by molar-refractivity contribution is 5.51. The molecule has 1 aromatic rings. The van der Waals surface area contributed by atoms with Gasteiger partial charge in [0.15, 0.2) is 0 Å². The highest BCUT2D eigenvalue weighted by Gasteiger charge is 2.10. The maximum atomic E-state index is 5.63. The van der Waals surface area contributed by atoms with Crippen LogP contribution in [0.15, 0.2) is 24.3 Å². The highest BCUT2D eigenvalue weighted by atomic mass is 15.8. The number of rotatable bonds is 3. The number of nitrogen functional groups attached to an aromatic ring is 1. The summed E-state index contributed by atoms with van der Waals surface area (Å²) in [6, 6.07) is 7.79. The first-order valence-electron chi connectivity index (χ1n) is 4.52. The smallest absolute Gasteiger partial charge is 0.0708 e. The Hall–Kier alpha value is -1.26. The summed E-state index contributed by atoms with van der Waals surface area (Å²) in [5.41, 5.74) is 7.51. The quantitative estimate of drug-likeness (QED) is 0.576. The summed E-state index contributed by atoms with van der Waals surface area (Å²) in [7, 11) is 7.99. The van der Waals surface area contributed by atoms with Crippen LogP contribution in [-0.4, -0.2) is 38.2 Å². The van der Waals surface area contributed by atoms with Crippen molar-refractivity contribution in [1.29, 1.82) is 0 Å². The number of hydrazine groups is 2. The van der Waals surface area contributed by atoms with Crippen molar-refractivity contribution in [1.82, 2.24) is 10.0 Å². The molecule has 2 N–H and O–H groups in total. The van der Waals surface area contributed by atoms with Crippen LogP contribution in [0.25, 0.3) is 0 Å². The molecule has 0 bridgehead atoms. The lowest BCUT2D eigenvalue weighted by Gasteiger charge is -2.36. The molecule has 0 radical (unpaired) electrons. The van der Waals surface area contributed by atoms with Gasteiger partial charge in [0.1, 0.15) is 0 Å². The Balaban J connectivity index is 2.94. The van der Waals surface area contributed by atoms with E-state index >= 15 is 0 Å². The van der Waals surface area contributed by atoms with Gasteiger partial charge in [0, 0.05) is 33.9 Å². The molecule has 0 aliphatic heterocycles. The molecule has 0 saturated heterocycles. The van der Waals surface area contributed by atoms with Crippen LogP contribution in [0.4, 0.5) is 11.4 Å². The van der Waals surface area contributed by atoms with Gasteiger partial charge in [-0.2, -0.15) is 0 Å². The van der Waals surface area contributed by atoms with E-state index in [0.717, 1.165) is 11.4 Å². The van der Waals surface area contributed by atoms with E-state index in [1.54, 1.807) is 0 Å². The number of nitrogens with two attached hydrogens (primary N) is 1. The first kappa shape index (κ1) is 10.8. The summed E-state index contributed by atoms with van der Waals surface area (Å²) in [6.45, 7) is 0. The van der Waals surface area contributed by atoms with Crippen LogP contribution in [0.2, 0.25) is 0 Å². The van der Waals surface area contributed by atoms with E-state index in [0.29, 0.717) is 0 Å². The molecule has 78 valence electrons. The predicted molar refractivity (Wildman–Crippen MR) is 60.7 cm³/mol. The van der Waals surface area contributed by atoms with Crippen molar-refractivity contribution in [3.63, 3.8) is 0 Å². The lowest BCUT2D eigenvalue weighted by Crippen LogP contribution is -2.46. The number of anilines is 2. The average Bonchev–Trinajstić information content (AvgIpc) is 2.07. The van der Waals surface area contributed by atoms with Crippen LogP contribution < -0.4 is 10.9 Å². The molecule has 0 aliphatic carbocycles. The second-order valence-corrected chi connectivity index (χ2v) is 3.58. The molecule has 0 aliphatic rings. The molecule has 1 rings (SSSR count). The Morgan fingerprint density at radius 1 is 0.857 bits per heavy atom. The van der Waals surface area contributed by atoms with E-state index in [2.05, 4.69) is 0 Å². The summed E-state index contributed by atoms with van der Waals surface area (Å²) in [6.07, 6.45) is 0. The van der Waals surface area contributed by atoms with E-state index in [1.165, 1.54) is 0 Å². The van der Waals surface area contributed by atoms with Crippen LogP contribution in [-0.2, 0) is 0 Å². The molecular formula is C10H18N4. The molecule has 0 saturated carbocycles. The van der Waals surface area contributed by atoms with Gasteiger partial charge in [0.05, 0.1) is 5.69 Å². The zero-order valence-electron chi connectivity index (χ0n) is 9.23. The molecule has 0 spiro atoms. The zero-order valence-corrected chi connectivity index (χ0v) is 9.23. The van der Waals surface area contributed by atoms with Crippen LogP contribution >= 0.6 is 0 Å². The molecule has 4 heteroatoms. The van der Waals surface area contributed by atoms with Crippen molar-refractivity contribution >= 4 is 11.4 Å². The number of nitrogens with zero attached hydrogens (tertiary/aromatic N) is 3. The van der Waals surface area contributed by atoms with Crippen LogP contribution in [0.5, 0.6) is 0 Å². The SMILES string of the molecule is CN(C)N(c1ccc(N)cc1)N(C)C. The largest absolute Gasteiger partial charge is 0.399 e. The third-order valence-electron chi connectivity index (χ3n) is 1.88. The Labute approximate surface area is 85.5 Å². The third kappa shape index (κ3) is 2.37. The number of hydrogen-bond donors (Lipinski definition) is 1. The summed E-state index contributed by atoms with van der Waals surface area (Å²) in [4.78, 5) is 0. The molecule has 14 heavy (non-hydrogen) atoms. The van der Waals surface area contributed by atoms with Crippen molar-refractivity contribution in [3.8, 4) is 0 Å². The second-order valence-electron chi connectivity index (χ2n) is 3.58. The molecule has 0 atom stereocenters. The van der Waals surface area contributed by atoms with Gasteiger partial charge in [0.25, 0.3) is 0 Å². The molecule has 0 amide bonds. The Morgan fingerprint density at radius 3 is 1.64 bits per heavy atom. The molecule has 4 nitrogen and oxygen atoms in total. The van der Waals surface area contributed by atoms with Crippen molar-refractivity contribution in [2.75, 3.05) is 39.0 Å². The molecule has 0 fully saturated rings. The minimum Gasteiger partial charge on any atom is -0.399 e. The van der Waals surface area contributed by atoms with E-state index in [1.807, 2.05) is 67.6 Å². The number of hydrogen-bond acceptors (Lipinski definition) is 4. The van der Waals surface area contributed by atoms with Gasteiger partial charge in [-0.1, -0.05) is 0 Å². The maximum absolute atomic E-state index is 5.63. The first-order valence-corrected chi connectivity index (χ1v) is 4.52. The maximum Gasteiger partial charge on any atom is 0.0708 e. The molecule has 0 aromatic heterocycles. The lowest BCUT2D eigenvalue weighted by molar-refractivity contribution is 0.199. The van der Waals surface area contributed by atoms with E-state index < -0.39 is 0 Å². The highest BCUT2D eigenvalue weighted by Crippen LogP contribution is 2.17. The van der Waals surface area contributed by atoms with Crippen LogP contribution in [0.3, 0.4) is 0 Å². The summed E-state index contributed by atoms with van der Waals surface area (Å²) in [5, 5.41) is 6.05. The normalized spacial score (nSPS) is 11.0. The van der Waals surface area contributed by atoms with Gasteiger partial charge in [-0.15, -0.1) is 0 Å². The van der Waals surface area contributed by atoms with E-state index in [9.17, 15) is 0 Å². The van der Waals surface area contributed by atoms with Gasteiger partial charge < -0.3 is 5.73 Å². The minimum atomic E-state index is 0.784. The first-order chi connectivity index (χ1) is 6.52. The van der Waals surface area contributed by atoms with Crippen LogP contribution in [0.1, 0.15) is 0 Å². The van der Waals surface area contributed by atoms with Gasteiger partial charge in [0.2, 0.25) is 0 Å². The number of benzene rings is 1. The van der Waals surface area contributed by atoms with Crippen molar-refractivity contribution < 1.29 is 0 Å². The predicted octanol–water partition coefficient (Wildman–Crippen LogP) is 1.03. The minimum absolute atomic E-state index is 0.784. The summed E-state index contributed by atoms with van der Waals surface area (Å²) in [5.74, 6) is 0. The fourth-order valence-electron chi connectivity index (χ4n) is 1.43. The molecule has 0 heterocycles. The Bertz CT molecular complexity index is 271. The van der Waals surface area contributed by atoms with Gasteiger partial charge >= 0.3 is 0 Å². The monoisotopic (exact) mass is 194 g/mol. The summed E-state index contributed by atoms with van der Waals surface area (Å²) < 4.78 is 0. The third-order valence-corrected chi connectivity index (χ3v) is 1.88. The molecule has 0 unspecified atom stereocenters. The van der Waals surface area contributed by atoms with E-state index in [-0.39, 0.29) is 0 Å². The Morgan fingerprint density at radius 2 is 1.29 bits per heavy atom. The summed E-state index contributed by atoms with van der Waals surface area (Å²) >= 11 is 0. The van der Waals surface area contributed by atoms with Crippen molar-refractivity contribution in [2.24, 2.45) is 0 Å². The second kappa shape index (κ2) is 4.30. The standard InChI is InChI=1S/C10H18N4/c1-12(2)14(13(3)4)10-7-5-9(11)6-8-10/h5-8H,11H2,1-4H3. The van der Waals surface area contributed by atoms with Crippen molar-refractivity contribution in [2.45, 2.75) is 0 Å². The topological polar surface area (TPSA) is 35.7 Å².